The van der Waals surface area contributed by atoms with Crippen LogP contribution in [0.1, 0.15) is 27.2 Å². The van der Waals surface area contributed by atoms with Gasteiger partial charge in [-0.05, 0) is 25.6 Å². The van der Waals surface area contributed by atoms with Crippen LogP contribution in [0.4, 0.5) is 4.79 Å². The third-order valence-corrected chi connectivity index (χ3v) is 4.62. The van der Waals surface area contributed by atoms with Gasteiger partial charge in [0.05, 0.1) is 25.8 Å². The van der Waals surface area contributed by atoms with Crippen molar-refractivity contribution >= 4 is 30.6 Å². The van der Waals surface area contributed by atoms with Crippen LogP contribution >= 0.6 is 19.4 Å². The minimum atomic E-state index is -3.25. The van der Waals surface area contributed by atoms with Crippen molar-refractivity contribution in [2.75, 3.05) is 31.9 Å². The van der Waals surface area contributed by atoms with Crippen molar-refractivity contribution in [3.8, 4) is 0 Å². The molecule has 0 fully saturated rings. The van der Waals surface area contributed by atoms with E-state index in [9.17, 15) is 14.2 Å². The number of carbonyl (C=O) groups excluding carboxylic acids is 2. The molecule has 0 bridgehead atoms. The Balaban J connectivity index is 3.96. The van der Waals surface area contributed by atoms with Crippen LogP contribution in [0, 0.1) is 0 Å². The summed E-state index contributed by atoms with van der Waals surface area (Å²) >= 11 is 0.977. The van der Waals surface area contributed by atoms with E-state index in [0.29, 0.717) is 5.75 Å². The SMILES string of the molecule is CCOP(=O)(CCC(=O)OCOC(=O)SCC)OCC. The molecule has 118 valence electrons. The maximum atomic E-state index is 12.0. The van der Waals surface area contributed by atoms with Gasteiger partial charge in [0.2, 0.25) is 6.79 Å². The monoisotopic (exact) mass is 328 g/mol. The molecule has 0 N–H and O–H groups in total. The first kappa shape index (κ1) is 19.4. The smallest absolute Gasteiger partial charge is 0.370 e. The lowest BCUT2D eigenvalue weighted by Crippen LogP contribution is -2.12. The van der Waals surface area contributed by atoms with Gasteiger partial charge in [-0.2, -0.15) is 0 Å². The lowest BCUT2D eigenvalue weighted by atomic mass is 10.5. The summed E-state index contributed by atoms with van der Waals surface area (Å²) in [5.41, 5.74) is 0. The summed E-state index contributed by atoms with van der Waals surface area (Å²) in [5, 5.41) is -0.505. The van der Waals surface area contributed by atoms with Crippen LogP contribution in [-0.2, 0) is 27.9 Å². The molecule has 0 unspecified atom stereocenters. The fourth-order valence-corrected chi connectivity index (χ4v) is 3.11. The Kier molecular flexibility index (Phi) is 10.8. The first-order valence-corrected chi connectivity index (χ1v) is 9.02. The second-order valence-electron chi connectivity index (χ2n) is 3.38. The molecule has 0 rings (SSSR count). The van der Waals surface area contributed by atoms with Crippen LogP contribution in [0.3, 0.4) is 0 Å². The Bertz CT molecular complexity index is 338. The van der Waals surface area contributed by atoms with Crippen molar-refractivity contribution in [2.24, 2.45) is 0 Å². The highest BCUT2D eigenvalue weighted by Gasteiger charge is 2.25. The van der Waals surface area contributed by atoms with E-state index >= 15 is 0 Å². The maximum Gasteiger partial charge on any atom is 0.370 e. The number of thioether (sulfide) groups is 1. The summed E-state index contributed by atoms with van der Waals surface area (Å²) in [6, 6.07) is 0. The number of hydrogen-bond acceptors (Lipinski definition) is 8. The molecular weight excluding hydrogens is 307 g/mol. The molecule has 0 aliphatic carbocycles. The van der Waals surface area contributed by atoms with Crippen LogP contribution in [0.25, 0.3) is 0 Å². The molecule has 0 aromatic carbocycles. The van der Waals surface area contributed by atoms with Crippen molar-refractivity contribution in [1.82, 2.24) is 0 Å². The molecule has 0 saturated carbocycles. The average Bonchev–Trinajstić information content (AvgIpc) is 2.37. The summed E-state index contributed by atoms with van der Waals surface area (Å²) in [4.78, 5) is 22.4. The van der Waals surface area contributed by atoms with Gasteiger partial charge < -0.3 is 18.5 Å². The summed E-state index contributed by atoms with van der Waals surface area (Å²) in [6.07, 6.45) is -0.194. The Morgan fingerprint density at radius 3 is 2.15 bits per heavy atom. The summed E-state index contributed by atoms with van der Waals surface area (Å²) in [6.45, 7) is 5.20. The van der Waals surface area contributed by atoms with E-state index in [0.717, 1.165) is 11.8 Å². The van der Waals surface area contributed by atoms with Crippen molar-refractivity contribution in [3.63, 3.8) is 0 Å². The fraction of sp³-hybridized carbons (Fsp3) is 0.818. The largest absolute Gasteiger partial charge is 0.428 e. The van der Waals surface area contributed by atoms with Gasteiger partial charge in [-0.3, -0.25) is 9.36 Å². The molecule has 20 heavy (non-hydrogen) atoms. The normalized spacial score (nSPS) is 11.2. The second kappa shape index (κ2) is 11.1. The van der Waals surface area contributed by atoms with Gasteiger partial charge in [0.25, 0.3) is 0 Å². The van der Waals surface area contributed by atoms with Crippen LogP contribution in [-0.4, -0.2) is 43.2 Å². The van der Waals surface area contributed by atoms with Gasteiger partial charge in [0.1, 0.15) is 0 Å². The van der Waals surface area contributed by atoms with Crippen LogP contribution in [0.2, 0.25) is 0 Å². The first-order valence-electron chi connectivity index (χ1n) is 6.30. The highest BCUT2D eigenvalue weighted by atomic mass is 32.2. The minimum Gasteiger partial charge on any atom is -0.428 e. The zero-order chi connectivity index (χ0) is 15.4. The molecule has 9 heteroatoms. The first-order chi connectivity index (χ1) is 9.47. The van der Waals surface area contributed by atoms with Crippen molar-refractivity contribution < 1.29 is 32.7 Å². The third kappa shape index (κ3) is 9.36. The molecule has 0 radical (unpaired) electrons. The number of esters is 1. The number of hydrogen-bond donors (Lipinski definition) is 0. The molecule has 0 aliphatic heterocycles. The van der Waals surface area contributed by atoms with E-state index in [2.05, 4.69) is 9.47 Å². The highest BCUT2D eigenvalue weighted by molar-refractivity contribution is 8.13. The third-order valence-electron chi connectivity index (χ3n) is 1.90. The molecule has 0 aromatic heterocycles. The topological polar surface area (TPSA) is 88.1 Å². The fourth-order valence-electron chi connectivity index (χ4n) is 1.16. The molecule has 0 amide bonds. The Morgan fingerprint density at radius 1 is 1.05 bits per heavy atom. The zero-order valence-electron chi connectivity index (χ0n) is 12.0. The van der Waals surface area contributed by atoms with E-state index in [4.69, 9.17) is 9.05 Å². The molecular formula is C11H21O7PS. The Morgan fingerprint density at radius 2 is 1.65 bits per heavy atom. The molecule has 7 nitrogen and oxygen atoms in total. The average molecular weight is 328 g/mol. The zero-order valence-corrected chi connectivity index (χ0v) is 13.7. The van der Waals surface area contributed by atoms with E-state index < -0.39 is 25.7 Å². The Labute approximate surface area is 123 Å². The lowest BCUT2D eigenvalue weighted by Gasteiger charge is -2.16. The van der Waals surface area contributed by atoms with Crippen LogP contribution in [0.15, 0.2) is 0 Å². The van der Waals surface area contributed by atoms with E-state index in [-0.39, 0.29) is 25.8 Å². The van der Waals surface area contributed by atoms with Gasteiger partial charge in [-0.15, -0.1) is 0 Å². The van der Waals surface area contributed by atoms with Gasteiger partial charge in [0.15, 0.2) is 0 Å². The lowest BCUT2D eigenvalue weighted by molar-refractivity contribution is -0.150. The van der Waals surface area contributed by atoms with Crippen LogP contribution in [0.5, 0.6) is 0 Å². The van der Waals surface area contributed by atoms with Crippen LogP contribution < -0.4 is 0 Å². The maximum absolute atomic E-state index is 12.0. The molecule has 0 heterocycles. The summed E-state index contributed by atoms with van der Waals surface area (Å²) in [7, 11) is -3.25. The van der Waals surface area contributed by atoms with E-state index in [1.807, 2.05) is 0 Å². The van der Waals surface area contributed by atoms with Gasteiger partial charge in [0, 0.05) is 5.75 Å². The molecule has 0 saturated heterocycles. The summed E-state index contributed by atoms with van der Waals surface area (Å²) < 4.78 is 31.4. The Hall–Kier alpha value is -0.560. The minimum absolute atomic E-state index is 0.0643. The molecule has 0 atom stereocenters. The van der Waals surface area contributed by atoms with Crippen molar-refractivity contribution in [1.29, 1.82) is 0 Å². The number of ether oxygens (including phenoxy) is 2. The van der Waals surface area contributed by atoms with E-state index in [1.165, 1.54) is 0 Å². The van der Waals surface area contributed by atoms with Crippen molar-refractivity contribution in [3.05, 3.63) is 0 Å². The predicted molar refractivity (Wildman–Crippen MR) is 75.9 cm³/mol. The standard InChI is InChI=1S/C11H21O7PS/c1-4-17-19(14,18-5-2)8-7-10(12)15-9-16-11(13)20-6-3/h4-9H2,1-3H3. The number of rotatable bonds is 10. The van der Waals surface area contributed by atoms with E-state index in [1.54, 1.807) is 20.8 Å². The molecule has 0 spiro atoms. The summed E-state index contributed by atoms with van der Waals surface area (Å²) in [5.74, 6) is -0.0440. The van der Waals surface area contributed by atoms with Gasteiger partial charge >= 0.3 is 18.9 Å². The van der Waals surface area contributed by atoms with Gasteiger partial charge in [-0.1, -0.05) is 6.92 Å². The number of carbonyl (C=O) groups is 2. The highest BCUT2D eigenvalue weighted by Crippen LogP contribution is 2.48. The van der Waals surface area contributed by atoms with Crippen molar-refractivity contribution in [2.45, 2.75) is 27.2 Å². The molecule has 0 aromatic rings. The second-order valence-corrected chi connectivity index (χ2v) is 6.77. The molecule has 0 aliphatic rings. The van der Waals surface area contributed by atoms with Gasteiger partial charge in [-0.25, -0.2) is 4.79 Å². The quantitative estimate of drug-likeness (QED) is 0.343. The predicted octanol–water partition coefficient (Wildman–Crippen LogP) is 3.03.